The van der Waals surface area contributed by atoms with E-state index in [0.717, 1.165) is 5.69 Å². The topological polar surface area (TPSA) is 153 Å². The molecule has 0 aliphatic carbocycles. The molecule has 0 atom stereocenters. The number of hydrogen-bond donors (Lipinski definition) is 3. The molecule has 1 aliphatic heterocycles. The maximum atomic E-state index is 12.7. The molecule has 10 heteroatoms. The third-order valence-corrected chi connectivity index (χ3v) is 4.89. The highest BCUT2D eigenvalue weighted by Gasteiger charge is 2.24. The Morgan fingerprint density at radius 3 is 2.28 bits per heavy atom. The largest absolute Gasteiger partial charge is 0.462 e. The van der Waals surface area contributed by atoms with Gasteiger partial charge in [0.1, 0.15) is 0 Å². The van der Waals surface area contributed by atoms with Gasteiger partial charge in [0.05, 0.1) is 23.5 Å². The van der Waals surface area contributed by atoms with E-state index in [1.54, 1.807) is 25.1 Å². The van der Waals surface area contributed by atoms with Crippen LogP contribution in [0.1, 0.15) is 27.6 Å². The number of benzene rings is 2. The molecule has 0 bridgehead atoms. The number of amides is 1. The zero-order valence-electron chi connectivity index (χ0n) is 17.9. The Hall–Kier alpha value is -4.08. The first kappa shape index (κ1) is 22.6. The van der Waals surface area contributed by atoms with Crippen LogP contribution in [-0.2, 0) is 4.74 Å². The molecule has 0 spiro atoms. The second kappa shape index (κ2) is 10.3. The lowest BCUT2D eigenvalue weighted by Crippen LogP contribution is -2.48. The first-order valence-corrected chi connectivity index (χ1v) is 10.2. The molecule has 0 unspecified atom stereocenters. The van der Waals surface area contributed by atoms with Gasteiger partial charge in [0.25, 0.3) is 5.91 Å². The van der Waals surface area contributed by atoms with Crippen LogP contribution in [0.5, 0.6) is 0 Å². The molecule has 1 saturated heterocycles. The van der Waals surface area contributed by atoms with Crippen LogP contribution in [-0.4, -0.2) is 61.5 Å². The summed E-state index contributed by atoms with van der Waals surface area (Å²) in [5, 5.41) is 0. The van der Waals surface area contributed by atoms with Crippen LogP contribution in [0.4, 0.5) is 11.4 Å². The number of hydrogen-bond acceptors (Lipinski definition) is 5. The molecule has 1 fully saturated rings. The smallest absolute Gasteiger partial charge is 0.338 e. The lowest BCUT2D eigenvalue weighted by molar-refractivity contribution is 0.0526. The number of nitrogens with two attached hydrogens (primary N) is 3. The monoisotopic (exact) mass is 437 g/mol. The fraction of sp³-hybridized carbons (Fsp3) is 0.273. The van der Waals surface area contributed by atoms with E-state index < -0.39 is 5.97 Å². The van der Waals surface area contributed by atoms with Crippen molar-refractivity contribution >= 4 is 35.2 Å². The van der Waals surface area contributed by atoms with Crippen molar-refractivity contribution in [1.82, 2.24) is 4.90 Å². The summed E-state index contributed by atoms with van der Waals surface area (Å²) >= 11 is 0. The number of aliphatic imine (C=N–C) groups is 2. The van der Waals surface area contributed by atoms with Gasteiger partial charge < -0.3 is 31.7 Å². The van der Waals surface area contributed by atoms with Crippen molar-refractivity contribution in [2.45, 2.75) is 6.92 Å². The van der Waals surface area contributed by atoms with Gasteiger partial charge in [-0.15, -0.1) is 0 Å². The van der Waals surface area contributed by atoms with Gasteiger partial charge in [-0.1, -0.05) is 18.2 Å². The lowest BCUT2D eigenvalue weighted by atomic mass is 10.1. The Morgan fingerprint density at radius 2 is 1.66 bits per heavy atom. The summed E-state index contributed by atoms with van der Waals surface area (Å²) in [7, 11) is 0. The average molecular weight is 438 g/mol. The number of anilines is 1. The average Bonchev–Trinajstić information content (AvgIpc) is 2.79. The van der Waals surface area contributed by atoms with E-state index in [-0.39, 0.29) is 24.4 Å². The molecule has 2 aromatic rings. The summed E-state index contributed by atoms with van der Waals surface area (Å²) in [5.41, 5.74) is 18.8. The summed E-state index contributed by atoms with van der Waals surface area (Å²) < 4.78 is 5.08. The van der Waals surface area contributed by atoms with Crippen LogP contribution in [0, 0.1) is 0 Å². The molecule has 10 nitrogen and oxygen atoms in total. The number of carbonyl (C=O) groups is 2. The van der Waals surface area contributed by atoms with Gasteiger partial charge in [-0.25, -0.2) is 9.79 Å². The maximum absolute atomic E-state index is 12.7. The first-order valence-electron chi connectivity index (χ1n) is 10.2. The Kier molecular flexibility index (Phi) is 7.27. The quantitative estimate of drug-likeness (QED) is 0.359. The van der Waals surface area contributed by atoms with Crippen molar-refractivity contribution in [1.29, 1.82) is 0 Å². The molecule has 2 aromatic carbocycles. The molecular weight excluding hydrogens is 410 g/mol. The van der Waals surface area contributed by atoms with Gasteiger partial charge in [-0.05, 0) is 37.3 Å². The number of piperazine rings is 1. The summed E-state index contributed by atoms with van der Waals surface area (Å²) in [4.78, 5) is 36.8. The molecule has 168 valence electrons. The van der Waals surface area contributed by atoms with Crippen molar-refractivity contribution in [2.24, 2.45) is 27.2 Å². The normalized spacial score (nSPS) is 14.1. The summed E-state index contributed by atoms with van der Waals surface area (Å²) in [6.07, 6.45) is 0. The van der Waals surface area contributed by atoms with Crippen LogP contribution in [0.15, 0.2) is 58.5 Å². The number of ether oxygens (including phenoxy) is 1. The van der Waals surface area contributed by atoms with Gasteiger partial charge in [0.2, 0.25) is 5.96 Å². The highest BCUT2D eigenvalue weighted by molar-refractivity contribution is 5.96. The predicted octanol–water partition coefficient (Wildman–Crippen LogP) is 1.05. The Labute approximate surface area is 186 Å². The fourth-order valence-corrected chi connectivity index (χ4v) is 3.42. The Morgan fingerprint density at radius 1 is 0.969 bits per heavy atom. The number of guanidine groups is 2. The maximum Gasteiger partial charge on any atom is 0.338 e. The summed E-state index contributed by atoms with van der Waals surface area (Å²) in [6, 6.07) is 14.2. The van der Waals surface area contributed by atoms with E-state index >= 15 is 0 Å². The molecule has 0 aromatic heterocycles. The first-order chi connectivity index (χ1) is 15.4. The van der Waals surface area contributed by atoms with Crippen LogP contribution >= 0.6 is 0 Å². The van der Waals surface area contributed by atoms with Crippen molar-refractivity contribution in [3.63, 3.8) is 0 Å². The minimum Gasteiger partial charge on any atom is -0.462 e. The SMILES string of the molecule is CCOC(=O)c1ccc(N2CCN(C(=O)c3ccccc3)CC2)c(N=C(N)N=C(N)N)c1. The number of esters is 1. The van der Waals surface area contributed by atoms with Gasteiger partial charge in [-0.2, -0.15) is 4.99 Å². The zero-order chi connectivity index (χ0) is 23.1. The second-order valence-electron chi connectivity index (χ2n) is 7.08. The standard InChI is InChI=1S/C22H27N7O3/c1-2-32-20(31)16-8-9-18(17(14-16)26-22(25)27-21(23)24)28-10-12-29(13-11-28)19(30)15-6-4-3-5-7-15/h3-9,14H,2,10-13H2,1H3,(H6,23,24,25,26,27). The minimum atomic E-state index is -0.464. The molecule has 3 rings (SSSR count). The number of carbonyl (C=O) groups excluding carboxylic acids is 2. The van der Waals surface area contributed by atoms with Crippen LogP contribution in [0.2, 0.25) is 0 Å². The lowest BCUT2D eigenvalue weighted by Gasteiger charge is -2.36. The minimum absolute atomic E-state index is 0.00171. The van der Waals surface area contributed by atoms with E-state index in [4.69, 9.17) is 21.9 Å². The highest BCUT2D eigenvalue weighted by atomic mass is 16.5. The molecule has 6 N–H and O–H groups in total. The van der Waals surface area contributed by atoms with Gasteiger partial charge in [-0.3, -0.25) is 4.79 Å². The van der Waals surface area contributed by atoms with Crippen molar-refractivity contribution in [3.05, 3.63) is 59.7 Å². The molecular formula is C22H27N7O3. The predicted molar refractivity (Wildman–Crippen MR) is 124 cm³/mol. The summed E-state index contributed by atoms with van der Waals surface area (Å²) in [6.45, 7) is 4.24. The fourth-order valence-electron chi connectivity index (χ4n) is 3.42. The van der Waals surface area contributed by atoms with Gasteiger partial charge >= 0.3 is 5.97 Å². The van der Waals surface area contributed by atoms with Crippen molar-refractivity contribution in [2.75, 3.05) is 37.7 Å². The van der Waals surface area contributed by atoms with E-state index in [1.807, 2.05) is 35.2 Å². The third-order valence-electron chi connectivity index (χ3n) is 4.89. The Balaban J connectivity index is 1.83. The molecule has 0 radical (unpaired) electrons. The molecule has 0 saturated carbocycles. The number of nitrogens with zero attached hydrogens (tertiary/aromatic N) is 4. The third kappa shape index (κ3) is 5.54. The molecule has 1 heterocycles. The van der Waals surface area contributed by atoms with Crippen LogP contribution in [0.25, 0.3) is 0 Å². The van der Waals surface area contributed by atoms with E-state index in [0.29, 0.717) is 43.0 Å². The van der Waals surface area contributed by atoms with Crippen molar-refractivity contribution in [3.8, 4) is 0 Å². The zero-order valence-corrected chi connectivity index (χ0v) is 17.9. The van der Waals surface area contributed by atoms with Crippen LogP contribution < -0.4 is 22.1 Å². The van der Waals surface area contributed by atoms with E-state index in [9.17, 15) is 9.59 Å². The van der Waals surface area contributed by atoms with Gasteiger partial charge in [0.15, 0.2) is 5.96 Å². The number of rotatable bonds is 5. The van der Waals surface area contributed by atoms with Crippen molar-refractivity contribution < 1.29 is 14.3 Å². The van der Waals surface area contributed by atoms with Gasteiger partial charge in [0, 0.05) is 31.7 Å². The molecule has 1 amide bonds. The van der Waals surface area contributed by atoms with E-state index in [2.05, 4.69) is 14.9 Å². The molecule has 32 heavy (non-hydrogen) atoms. The summed E-state index contributed by atoms with van der Waals surface area (Å²) in [5.74, 6) is -0.820. The molecule has 1 aliphatic rings. The second-order valence-corrected chi connectivity index (χ2v) is 7.08. The highest BCUT2D eigenvalue weighted by Crippen LogP contribution is 2.31. The van der Waals surface area contributed by atoms with E-state index in [1.165, 1.54) is 0 Å². The van der Waals surface area contributed by atoms with Crippen LogP contribution in [0.3, 0.4) is 0 Å². The Bertz CT molecular complexity index is 1030.